The van der Waals surface area contributed by atoms with E-state index in [9.17, 15) is 4.79 Å². The van der Waals surface area contributed by atoms with Crippen molar-refractivity contribution < 1.29 is 9.53 Å². The van der Waals surface area contributed by atoms with Gasteiger partial charge in [-0.05, 0) is 24.6 Å². The first kappa shape index (κ1) is 15.4. The summed E-state index contributed by atoms with van der Waals surface area (Å²) in [5.41, 5.74) is 2.83. The van der Waals surface area contributed by atoms with Crippen molar-refractivity contribution in [1.29, 1.82) is 0 Å². The van der Waals surface area contributed by atoms with E-state index in [0.29, 0.717) is 19.7 Å². The van der Waals surface area contributed by atoms with Crippen molar-refractivity contribution >= 4 is 5.91 Å². The number of rotatable bonds is 5. The predicted molar refractivity (Wildman–Crippen MR) is 85.7 cm³/mol. The van der Waals surface area contributed by atoms with Crippen LogP contribution in [0.25, 0.3) is 0 Å². The summed E-state index contributed by atoms with van der Waals surface area (Å²) in [5.74, 6) is 0.862. The molecular formula is C17H20N4O2. The van der Waals surface area contributed by atoms with E-state index in [4.69, 9.17) is 4.74 Å². The smallest absolute Gasteiger partial charge is 0.244 e. The van der Waals surface area contributed by atoms with E-state index in [1.807, 2.05) is 38.2 Å². The van der Waals surface area contributed by atoms with Gasteiger partial charge in [0.1, 0.15) is 18.1 Å². The lowest BCUT2D eigenvalue weighted by Gasteiger charge is -2.21. The van der Waals surface area contributed by atoms with Gasteiger partial charge in [0, 0.05) is 31.9 Å². The fraction of sp³-hybridized carbons (Fsp3) is 0.353. The third-order valence-corrected chi connectivity index (χ3v) is 3.89. The number of likely N-dealkylation sites (N-methyl/N-ethyl adjacent to an activating group) is 1. The highest BCUT2D eigenvalue weighted by atomic mass is 16.5. The minimum absolute atomic E-state index is 0.0208. The van der Waals surface area contributed by atoms with Gasteiger partial charge in [-0.25, -0.2) is 9.97 Å². The molecule has 0 fully saturated rings. The van der Waals surface area contributed by atoms with Crippen LogP contribution in [0.5, 0.6) is 5.75 Å². The fourth-order valence-corrected chi connectivity index (χ4v) is 2.71. The molecule has 2 aromatic rings. The standard InChI is InChI=1S/C17H20N4O2/c1-3-23-13-6-4-12(5-7-13)10-21(2)17(22)16-14-8-18-11-20-15(14)9-19-16/h4-8,11,16,19H,3,9-10H2,1-2H3. The molecule has 0 saturated heterocycles. The van der Waals surface area contributed by atoms with Crippen LogP contribution in [0.1, 0.15) is 29.8 Å². The molecule has 1 aromatic heterocycles. The van der Waals surface area contributed by atoms with Crippen molar-refractivity contribution in [2.45, 2.75) is 26.1 Å². The first-order valence-electron chi connectivity index (χ1n) is 7.68. The number of ether oxygens (including phenoxy) is 1. The number of benzene rings is 1. The predicted octanol–water partition coefficient (Wildman–Crippen LogP) is 1.68. The molecule has 1 aromatic carbocycles. The Morgan fingerprint density at radius 3 is 2.91 bits per heavy atom. The number of amides is 1. The molecule has 0 aliphatic carbocycles. The lowest BCUT2D eigenvalue weighted by atomic mass is 10.1. The Morgan fingerprint density at radius 2 is 2.17 bits per heavy atom. The molecule has 1 amide bonds. The Morgan fingerprint density at radius 1 is 1.39 bits per heavy atom. The quantitative estimate of drug-likeness (QED) is 0.910. The van der Waals surface area contributed by atoms with Gasteiger partial charge in [-0.3, -0.25) is 10.1 Å². The van der Waals surface area contributed by atoms with Crippen molar-refractivity contribution in [3.63, 3.8) is 0 Å². The molecule has 6 heteroatoms. The number of nitrogens with one attached hydrogen (secondary N) is 1. The van der Waals surface area contributed by atoms with E-state index < -0.39 is 0 Å². The van der Waals surface area contributed by atoms with Gasteiger partial charge in [-0.1, -0.05) is 12.1 Å². The van der Waals surface area contributed by atoms with Gasteiger partial charge in [-0.15, -0.1) is 0 Å². The summed E-state index contributed by atoms with van der Waals surface area (Å²) >= 11 is 0. The number of nitrogens with zero attached hydrogens (tertiary/aromatic N) is 3. The molecule has 1 unspecified atom stereocenters. The maximum absolute atomic E-state index is 12.7. The lowest BCUT2D eigenvalue weighted by molar-refractivity contribution is -0.132. The number of aromatic nitrogens is 2. The average molecular weight is 312 g/mol. The van der Waals surface area contributed by atoms with Crippen LogP contribution in [0.2, 0.25) is 0 Å². The molecule has 0 bridgehead atoms. The van der Waals surface area contributed by atoms with Crippen LogP contribution in [-0.2, 0) is 17.9 Å². The molecule has 1 atom stereocenters. The molecule has 1 aliphatic rings. The SMILES string of the molecule is CCOc1ccc(CN(C)C(=O)C2NCc3ncncc32)cc1. The highest BCUT2D eigenvalue weighted by molar-refractivity contribution is 5.84. The van der Waals surface area contributed by atoms with Gasteiger partial charge >= 0.3 is 0 Å². The summed E-state index contributed by atoms with van der Waals surface area (Å²) in [6.07, 6.45) is 3.23. The number of hydrogen-bond donors (Lipinski definition) is 1. The molecule has 2 heterocycles. The zero-order chi connectivity index (χ0) is 16.2. The normalized spacial score (nSPS) is 16.0. The monoisotopic (exact) mass is 312 g/mol. The first-order valence-corrected chi connectivity index (χ1v) is 7.68. The van der Waals surface area contributed by atoms with Crippen molar-refractivity contribution in [2.24, 2.45) is 0 Å². The van der Waals surface area contributed by atoms with E-state index in [2.05, 4.69) is 15.3 Å². The summed E-state index contributed by atoms with van der Waals surface area (Å²) < 4.78 is 5.43. The minimum Gasteiger partial charge on any atom is -0.494 e. The second-order valence-corrected chi connectivity index (χ2v) is 5.51. The van der Waals surface area contributed by atoms with Crippen molar-refractivity contribution in [3.05, 3.63) is 53.6 Å². The van der Waals surface area contributed by atoms with Gasteiger partial charge in [-0.2, -0.15) is 0 Å². The van der Waals surface area contributed by atoms with Crippen molar-refractivity contribution in [2.75, 3.05) is 13.7 Å². The molecule has 1 aliphatic heterocycles. The van der Waals surface area contributed by atoms with Gasteiger partial charge < -0.3 is 9.64 Å². The average Bonchev–Trinajstić information content (AvgIpc) is 3.00. The Balaban J connectivity index is 1.66. The third-order valence-electron chi connectivity index (χ3n) is 3.89. The molecule has 3 rings (SSSR count). The first-order chi connectivity index (χ1) is 11.2. The van der Waals surface area contributed by atoms with E-state index >= 15 is 0 Å². The van der Waals surface area contributed by atoms with Crippen molar-refractivity contribution in [3.8, 4) is 5.75 Å². The number of carbonyl (C=O) groups excluding carboxylic acids is 1. The van der Waals surface area contributed by atoms with E-state index in [1.165, 1.54) is 6.33 Å². The Labute approximate surface area is 135 Å². The highest BCUT2D eigenvalue weighted by Gasteiger charge is 2.31. The highest BCUT2D eigenvalue weighted by Crippen LogP contribution is 2.24. The summed E-state index contributed by atoms with van der Waals surface area (Å²) in [6, 6.07) is 7.45. The molecule has 23 heavy (non-hydrogen) atoms. The molecule has 0 radical (unpaired) electrons. The number of carbonyl (C=O) groups is 1. The number of hydrogen-bond acceptors (Lipinski definition) is 5. The van der Waals surface area contributed by atoms with Gasteiger partial charge in [0.05, 0.1) is 12.3 Å². The molecule has 0 saturated carbocycles. The summed E-state index contributed by atoms with van der Waals surface area (Å²) in [4.78, 5) is 22.6. The topological polar surface area (TPSA) is 67.3 Å². The van der Waals surface area contributed by atoms with E-state index in [1.54, 1.807) is 11.1 Å². The second-order valence-electron chi connectivity index (χ2n) is 5.51. The van der Waals surface area contributed by atoms with Crippen molar-refractivity contribution in [1.82, 2.24) is 20.2 Å². The Kier molecular flexibility index (Phi) is 4.52. The van der Waals surface area contributed by atoms with E-state index in [0.717, 1.165) is 22.6 Å². The lowest BCUT2D eigenvalue weighted by Crippen LogP contribution is -2.35. The molecule has 120 valence electrons. The molecular weight excluding hydrogens is 292 g/mol. The summed E-state index contributed by atoms with van der Waals surface area (Å²) in [7, 11) is 1.81. The second kappa shape index (κ2) is 6.75. The zero-order valence-corrected chi connectivity index (χ0v) is 13.3. The van der Waals surface area contributed by atoms with Crippen LogP contribution in [0, 0.1) is 0 Å². The van der Waals surface area contributed by atoms with Gasteiger partial charge in [0.25, 0.3) is 0 Å². The van der Waals surface area contributed by atoms with E-state index in [-0.39, 0.29) is 11.9 Å². The number of fused-ring (bicyclic) bond motifs is 1. The summed E-state index contributed by atoms with van der Waals surface area (Å²) in [6.45, 7) is 3.75. The molecule has 0 spiro atoms. The Bertz CT molecular complexity index is 687. The zero-order valence-electron chi connectivity index (χ0n) is 13.3. The third kappa shape index (κ3) is 3.32. The Hall–Kier alpha value is -2.47. The molecule has 1 N–H and O–H groups in total. The largest absolute Gasteiger partial charge is 0.494 e. The summed E-state index contributed by atoms with van der Waals surface area (Å²) in [5, 5.41) is 3.20. The maximum atomic E-state index is 12.7. The van der Waals surface area contributed by atoms with Crippen LogP contribution >= 0.6 is 0 Å². The molecule has 6 nitrogen and oxygen atoms in total. The minimum atomic E-state index is -0.362. The fourth-order valence-electron chi connectivity index (χ4n) is 2.71. The van der Waals surface area contributed by atoms with Crippen LogP contribution in [0.3, 0.4) is 0 Å². The van der Waals surface area contributed by atoms with Crippen LogP contribution in [0.15, 0.2) is 36.8 Å². The van der Waals surface area contributed by atoms with Crippen LogP contribution in [-0.4, -0.2) is 34.4 Å². The van der Waals surface area contributed by atoms with Crippen LogP contribution in [0.4, 0.5) is 0 Å². The van der Waals surface area contributed by atoms with Gasteiger partial charge in [0.15, 0.2) is 0 Å². The van der Waals surface area contributed by atoms with Gasteiger partial charge in [0.2, 0.25) is 5.91 Å². The van der Waals surface area contributed by atoms with Crippen LogP contribution < -0.4 is 10.1 Å². The maximum Gasteiger partial charge on any atom is 0.244 e.